The Bertz CT molecular complexity index is 651. The number of nitrogens with zero attached hydrogens (tertiary/aromatic N) is 1. The van der Waals surface area contributed by atoms with Crippen LogP contribution in [0.2, 0.25) is 0 Å². The second kappa shape index (κ2) is 14.1. The van der Waals surface area contributed by atoms with Crippen molar-refractivity contribution in [3.8, 4) is 0 Å². The van der Waals surface area contributed by atoms with Gasteiger partial charge in [-0.2, -0.15) is 0 Å². The van der Waals surface area contributed by atoms with Crippen molar-refractivity contribution in [3.05, 3.63) is 22.4 Å². The summed E-state index contributed by atoms with van der Waals surface area (Å²) in [6, 6.07) is 2.28. The fourth-order valence-corrected chi connectivity index (χ4v) is 5.19. The second-order valence-corrected chi connectivity index (χ2v) is 8.56. The molecule has 0 aromatic carbocycles. The molecular formula is C17H27Cl2N3O5S2. The molecule has 0 radical (unpaired) electrons. The second-order valence-electron chi connectivity index (χ2n) is 6.34. The Hall–Kier alpha value is -1.04. The zero-order valence-corrected chi connectivity index (χ0v) is 19.0. The number of nitrogens with one attached hydrogen (secondary N) is 1. The van der Waals surface area contributed by atoms with E-state index in [1.165, 1.54) is 4.90 Å². The van der Waals surface area contributed by atoms with Crippen molar-refractivity contribution in [2.24, 2.45) is 5.73 Å². The Morgan fingerprint density at radius 1 is 1.31 bits per heavy atom. The fourth-order valence-electron chi connectivity index (χ4n) is 2.93. The molecule has 0 spiro atoms. The lowest BCUT2D eigenvalue weighted by molar-refractivity contribution is -0.146. The third kappa shape index (κ3) is 8.69. The van der Waals surface area contributed by atoms with Crippen molar-refractivity contribution in [1.29, 1.82) is 0 Å². The Kier molecular flexibility index (Phi) is 13.5. The number of unbranched alkanes of at least 4 members (excludes halogenated alkanes) is 1. The van der Waals surface area contributed by atoms with Crippen LogP contribution in [0.25, 0.3) is 0 Å². The molecule has 2 heterocycles. The number of halogens is 2. The Morgan fingerprint density at radius 2 is 2.03 bits per heavy atom. The van der Waals surface area contributed by atoms with E-state index in [1.807, 2.05) is 17.5 Å². The van der Waals surface area contributed by atoms with Gasteiger partial charge < -0.3 is 20.8 Å². The molecule has 1 fully saturated rings. The molecule has 0 saturated carbocycles. The van der Waals surface area contributed by atoms with Crippen LogP contribution in [0.1, 0.15) is 29.4 Å². The largest absolute Gasteiger partial charge is 0.480 e. The van der Waals surface area contributed by atoms with Crippen molar-refractivity contribution < 1.29 is 24.6 Å². The minimum Gasteiger partial charge on any atom is -0.480 e. The summed E-state index contributed by atoms with van der Waals surface area (Å²) in [5, 5.41) is 23.5. The van der Waals surface area contributed by atoms with Crippen molar-refractivity contribution in [3.63, 3.8) is 0 Å². The third-order valence-corrected chi connectivity index (χ3v) is 6.76. The van der Waals surface area contributed by atoms with E-state index in [0.29, 0.717) is 38.1 Å². The first-order valence-electron chi connectivity index (χ1n) is 8.77. The summed E-state index contributed by atoms with van der Waals surface area (Å²) < 4.78 is 0. The molecule has 3 atom stereocenters. The van der Waals surface area contributed by atoms with E-state index in [0.717, 1.165) is 4.88 Å². The molecule has 1 amide bonds. The van der Waals surface area contributed by atoms with E-state index in [4.69, 9.17) is 10.8 Å². The monoisotopic (exact) mass is 487 g/mol. The number of aliphatic carboxylic acids is 2. The van der Waals surface area contributed by atoms with Crippen LogP contribution in [0.4, 0.5) is 0 Å². The normalized spacial score (nSPS) is 20.2. The van der Waals surface area contributed by atoms with Crippen molar-refractivity contribution in [1.82, 2.24) is 10.2 Å². The summed E-state index contributed by atoms with van der Waals surface area (Å²) in [7, 11) is 0. The minimum atomic E-state index is -1.09. The quantitative estimate of drug-likeness (QED) is 0.367. The molecule has 1 saturated heterocycles. The highest BCUT2D eigenvalue weighted by Gasteiger charge is 2.35. The van der Waals surface area contributed by atoms with Gasteiger partial charge in [-0.3, -0.25) is 19.7 Å². The van der Waals surface area contributed by atoms with Crippen molar-refractivity contribution >= 4 is 65.8 Å². The maximum absolute atomic E-state index is 12.9. The molecule has 166 valence electrons. The molecule has 0 bridgehead atoms. The molecule has 12 heteroatoms. The van der Waals surface area contributed by atoms with Crippen molar-refractivity contribution in [2.45, 2.75) is 36.6 Å². The van der Waals surface area contributed by atoms with E-state index in [1.54, 1.807) is 23.1 Å². The first kappa shape index (κ1) is 28.0. The number of hydrogen-bond acceptors (Lipinski definition) is 7. The number of rotatable bonds is 10. The van der Waals surface area contributed by atoms with Crippen LogP contribution >= 0.6 is 47.9 Å². The fraction of sp³-hybridized carbons (Fsp3) is 0.588. The molecule has 1 aliphatic rings. The molecule has 1 aromatic rings. The molecule has 29 heavy (non-hydrogen) atoms. The van der Waals surface area contributed by atoms with E-state index in [9.17, 15) is 19.5 Å². The molecule has 2 rings (SSSR count). The van der Waals surface area contributed by atoms with Gasteiger partial charge in [0, 0.05) is 17.2 Å². The van der Waals surface area contributed by atoms with E-state index in [2.05, 4.69) is 5.32 Å². The van der Waals surface area contributed by atoms with Gasteiger partial charge in [0.05, 0.1) is 11.3 Å². The lowest BCUT2D eigenvalue weighted by atomic mass is 10.1. The summed E-state index contributed by atoms with van der Waals surface area (Å²) >= 11 is 3.11. The SMILES string of the molecule is Cl.Cl.NCCCC[C@H](N[C@H]1CS[C@H](c2cccs2)CN(CC(=O)O)C1=O)C(=O)O. The number of hydrogen-bond donors (Lipinski definition) is 4. The van der Waals surface area contributed by atoms with Gasteiger partial charge in [0.1, 0.15) is 12.6 Å². The van der Waals surface area contributed by atoms with Crippen LogP contribution in [0.5, 0.6) is 0 Å². The maximum atomic E-state index is 12.9. The average Bonchev–Trinajstić information content (AvgIpc) is 3.10. The molecule has 0 unspecified atom stereocenters. The van der Waals surface area contributed by atoms with Gasteiger partial charge in [-0.1, -0.05) is 12.5 Å². The zero-order valence-electron chi connectivity index (χ0n) is 15.7. The van der Waals surface area contributed by atoms with Crippen LogP contribution in [0.3, 0.4) is 0 Å². The van der Waals surface area contributed by atoms with Gasteiger partial charge >= 0.3 is 11.9 Å². The number of amides is 1. The Labute approximate surface area is 190 Å². The topological polar surface area (TPSA) is 133 Å². The summed E-state index contributed by atoms with van der Waals surface area (Å²) in [5.74, 6) is -2.09. The predicted octanol–water partition coefficient (Wildman–Crippen LogP) is 1.83. The first-order valence-corrected chi connectivity index (χ1v) is 10.7. The van der Waals surface area contributed by atoms with Crippen LogP contribution in [0.15, 0.2) is 17.5 Å². The first-order chi connectivity index (χ1) is 12.9. The van der Waals surface area contributed by atoms with Gasteiger partial charge in [-0.05, 0) is 30.8 Å². The Morgan fingerprint density at radius 3 is 2.59 bits per heavy atom. The van der Waals surface area contributed by atoms with Gasteiger partial charge in [0.25, 0.3) is 0 Å². The van der Waals surface area contributed by atoms with Crippen LogP contribution in [-0.4, -0.2) is 70.4 Å². The number of thioether (sulfide) groups is 1. The van der Waals surface area contributed by atoms with Gasteiger partial charge in [-0.25, -0.2) is 0 Å². The third-order valence-electron chi connectivity index (χ3n) is 4.29. The standard InChI is InChI=1S/C17H25N3O5S2.2ClH/c18-6-2-1-4-11(17(24)25)19-12-10-27-14(13-5-3-7-26-13)8-20(16(12)23)9-15(21)22;;/h3,5,7,11-12,14,19H,1-2,4,6,8-10,18H2,(H,21,22)(H,24,25);2*1H/t11-,12-,14-;;/m0../s1. The van der Waals surface area contributed by atoms with Crippen LogP contribution in [0, 0.1) is 0 Å². The zero-order chi connectivity index (χ0) is 19.8. The highest BCUT2D eigenvalue weighted by molar-refractivity contribution is 7.99. The summed E-state index contributed by atoms with van der Waals surface area (Å²) in [4.78, 5) is 38.0. The lowest BCUT2D eigenvalue weighted by Gasteiger charge is -2.26. The molecule has 0 aliphatic carbocycles. The maximum Gasteiger partial charge on any atom is 0.323 e. The molecular weight excluding hydrogens is 461 g/mol. The molecule has 8 nitrogen and oxygen atoms in total. The average molecular weight is 488 g/mol. The lowest BCUT2D eigenvalue weighted by Crippen LogP contribution is -2.53. The highest BCUT2D eigenvalue weighted by Crippen LogP contribution is 2.35. The highest BCUT2D eigenvalue weighted by atomic mass is 35.5. The molecule has 5 N–H and O–H groups in total. The summed E-state index contributed by atoms with van der Waals surface area (Å²) in [6.45, 7) is 0.378. The number of carboxylic acids is 2. The number of nitrogens with two attached hydrogens (primary N) is 1. The number of carboxylic acid groups (broad SMARTS) is 2. The van der Waals surface area contributed by atoms with Gasteiger partial charge in [0.2, 0.25) is 5.91 Å². The summed E-state index contributed by atoms with van der Waals surface area (Å²) in [5.41, 5.74) is 5.46. The van der Waals surface area contributed by atoms with Gasteiger partial charge in [-0.15, -0.1) is 47.9 Å². The predicted molar refractivity (Wildman–Crippen MR) is 119 cm³/mol. The van der Waals surface area contributed by atoms with E-state index < -0.39 is 30.6 Å². The van der Waals surface area contributed by atoms with Crippen molar-refractivity contribution in [2.75, 3.05) is 25.4 Å². The molecule has 1 aliphatic heterocycles. The van der Waals surface area contributed by atoms with E-state index in [-0.39, 0.29) is 36.0 Å². The summed E-state index contributed by atoms with van der Waals surface area (Å²) in [6.07, 6.45) is 1.73. The van der Waals surface area contributed by atoms with E-state index >= 15 is 0 Å². The molecule has 1 aromatic heterocycles. The number of carbonyl (C=O) groups excluding carboxylic acids is 1. The number of thiophene rings is 1. The minimum absolute atomic E-state index is 0. The van der Waals surface area contributed by atoms with Crippen LogP contribution in [-0.2, 0) is 14.4 Å². The van der Waals surface area contributed by atoms with Crippen LogP contribution < -0.4 is 11.1 Å². The smallest absolute Gasteiger partial charge is 0.323 e. The van der Waals surface area contributed by atoms with Gasteiger partial charge in [0.15, 0.2) is 0 Å². The Balaban J connectivity index is 0.00000392. The number of carbonyl (C=O) groups is 3.